The molecule has 1 aliphatic rings. The highest BCUT2D eigenvalue weighted by Crippen LogP contribution is 2.28. The van der Waals surface area contributed by atoms with Crippen LogP contribution in [0.1, 0.15) is 31.6 Å². The summed E-state index contributed by atoms with van der Waals surface area (Å²) in [4.78, 5) is 6.89. The number of nitrogens with zero attached hydrogens (tertiary/aromatic N) is 3. The van der Waals surface area contributed by atoms with Gasteiger partial charge in [0.1, 0.15) is 5.75 Å². The zero-order valence-electron chi connectivity index (χ0n) is 13.4. The number of hydrogen-bond donors (Lipinski definition) is 1. The van der Waals surface area contributed by atoms with Crippen molar-refractivity contribution >= 4 is 0 Å². The first-order valence-electron chi connectivity index (χ1n) is 8.12. The summed E-state index contributed by atoms with van der Waals surface area (Å²) in [6, 6.07) is 8.16. The fraction of sp³-hybridized carbons (Fsp3) is 0.529. The summed E-state index contributed by atoms with van der Waals surface area (Å²) in [6.07, 6.45) is 4.22. The van der Waals surface area contributed by atoms with E-state index in [4.69, 9.17) is 14.4 Å². The molecule has 1 N–H and O–H groups in total. The van der Waals surface area contributed by atoms with Gasteiger partial charge >= 0.3 is 0 Å². The Labute approximate surface area is 136 Å². The van der Waals surface area contributed by atoms with Gasteiger partial charge in [0.15, 0.2) is 0 Å². The van der Waals surface area contributed by atoms with Crippen LogP contribution in [0.5, 0.6) is 5.75 Å². The average Bonchev–Trinajstić information content (AvgIpc) is 3.23. The maximum Gasteiger partial charge on any atom is 0.241 e. The lowest BCUT2D eigenvalue weighted by atomic mass is 10.1. The smallest absolute Gasteiger partial charge is 0.241 e. The lowest BCUT2D eigenvalue weighted by Gasteiger charge is -2.22. The van der Waals surface area contributed by atoms with E-state index in [1.54, 1.807) is 7.11 Å². The van der Waals surface area contributed by atoms with Crippen molar-refractivity contribution in [3.05, 3.63) is 30.2 Å². The van der Waals surface area contributed by atoms with Gasteiger partial charge in [-0.3, -0.25) is 4.90 Å². The predicted octanol–water partition coefficient (Wildman–Crippen LogP) is 2.48. The highest BCUT2D eigenvalue weighted by atomic mass is 16.5. The van der Waals surface area contributed by atoms with Gasteiger partial charge in [0.05, 0.1) is 19.2 Å². The van der Waals surface area contributed by atoms with Crippen LogP contribution in [-0.4, -0.2) is 46.5 Å². The van der Waals surface area contributed by atoms with Crippen molar-refractivity contribution in [2.45, 2.75) is 38.3 Å². The van der Waals surface area contributed by atoms with Crippen LogP contribution in [0.2, 0.25) is 0 Å². The van der Waals surface area contributed by atoms with Crippen LogP contribution >= 0.6 is 0 Å². The number of benzene rings is 1. The summed E-state index contributed by atoms with van der Waals surface area (Å²) in [6.45, 7) is 1.96. The van der Waals surface area contributed by atoms with Gasteiger partial charge in [0.2, 0.25) is 11.7 Å². The average molecular weight is 317 g/mol. The Morgan fingerprint density at radius 2 is 2.26 bits per heavy atom. The summed E-state index contributed by atoms with van der Waals surface area (Å²) >= 11 is 0. The van der Waals surface area contributed by atoms with E-state index in [0.717, 1.165) is 30.7 Å². The second-order valence-corrected chi connectivity index (χ2v) is 5.84. The second-order valence-electron chi connectivity index (χ2n) is 5.84. The molecule has 1 aromatic heterocycles. The molecule has 23 heavy (non-hydrogen) atoms. The summed E-state index contributed by atoms with van der Waals surface area (Å²) in [5, 5.41) is 13.1. The number of methoxy groups -OCH3 is 1. The third-order valence-corrected chi connectivity index (χ3v) is 4.35. The van der Waals surface area contributed by atoms with Gasteiger partial charge in [0, 0.05) is 12.6 Å². The van der Waals surface area contributed by atoms with Crippen LogP contribution < -0.4 is 4.74 Å². The molecular formula is C17H23N3O3. The minimum absolute atomic E-state index is 0.253. The topological polar surface area (TPSA) is 71.6 Å². The van der Waals surface area contributed by atoms with Crippen molar-refractivity contribution < 1.29 is 14.4 Å². The number of aromatic nitrogens is 2. The van der Waals surface area contributed by atoms with Gasteiger partial charge in [0.25, 0.3) is 0 Å². The van der Waals surface area contributed by atoms with E-state index >= 15 is 0 Å². The standard InChI is InChI=1S/C17H23N3O3/c1-22-15-9-3-2-8-14(15)17-18-16(23-19-17)12-20-10-4-6-13(20)7-5-11-21/h2-3,8-9,13,21H,4-7,10-12H2,1H3. The van der Waals surface area contributed by atoms with Crippen LogP contribution in [0.4, 0.5) is 0 Å². The lowest BCUT2D eigenvalue weighted by molar-refractivity contribution is 0.188. The quantitative estimate of drug-likeness (QED) is 0.846. The molecule has 1 aromatic carbocycles. The molecule has 6 heteroatoms. The largest absolute Gasteiger partial charge is 0.496 e. The number of likely N-dealkylation sites (tertiary alicyclic amines) is 1. The van der Waals surface area contributed by atoms with Gasteiger partial charge in [-0.2, -0.15) is 4.98 Å². The third kappa shape index (κ3) is 3.71. The van der Waals surface area contributed by atoms with Gasteiger partial charge in [-0.1, -0.05) is 17.3 Å². The maximum atomic E-state index is 9.01. The van der Waals surface area contributed by atoms with Crippen LogP contribution in [-0.2, 0) is 6.54 Å². The molecule has 1 saturated heterocycles. The molecular weight excluding hydrogens is 294 g/mol. The molecule has 0 aliphatic carbocycles. The van der Waals surface area contributed by atoms with E-state index in [1.807, 2.05) is 24.3 Å². The van der Waals surface area contributed by atoms with Crippen LogP contribution in [0, 0.1) is 0 Å². The minimum atomic E-state index is 0.253. The van der Waals surface area contributed by atoms with Crippen molar-refractivity contribution in [1.82, 2.24) is 15.0 Å². The number of rotatable bonds is 7. The molecule has 0 spiro atoms. The zero-order chi connectivity index (χ0) is 16.1. The Hall–Kier alpha value is -1.92. The van der Waals surface area contributed by atoms with E-state index in [0.29, 0.717) is 24.3 Å². The SMILES string of the molecule is COc1ccccc1-c1noc(CN2CCCC2CCCO)n1. The Kier molecular flexibility index (Phi) is 5.25. The Bertz CT molecular complexity index is 629. The molecule has 0 amide bonds. The molecule has 3 rings (SSSR count). The first kappa shape index (κ1) is 16.0. The molecule has 0 radical (unpaired) electrons. The van der Waals surface area contributed by atoms with Crippen molar-refractivity contribution in [2.24, 2.45) is 0 Å². The normalized spacial score (nSPS) is 18.4. The number of para-hydroxylation sites is 1. The molecule has 2 aromatic rings. The minimum Gasteiger partial charge on any atom is -0.496 e. The summed E-state index contributed by atoms with van der Waals surface area (Å²) in [5.74, 6) is 1.92. The van der Waals surface area contributed by atoms with Crippen molar-refractivity contribution in [1.29, 1.82) is 0 Å². The Morgan fingerprint density at radius 3 is 3.09 bits per heavy atom. The molecule has 1 unspecified atom stereocenters. The Balaban J connectivity index is 1.70. The molecule has 6 nitrogen and oxygen atoms in total. The molecule has 124 valence electrons. The highest BCUT2D eigenvalue weighted by Gasteiger charge is 2.26. The van der Waals surface area contributed by atoms with Crippen molar-refractivity contribution in [2.75, 3.05) is 20.3 Å². The maximum absolute atomic E-state index is 9.01. The van der Waals surface area contributed by atoms with E-state index < -0.39 is 0 Å². The number of ether oxygens (including phenoxy) is 1. The molecule has 0 saturated carbocycles. The third-order valence-electron chi connectivity index (χ3n) is 4.35. The van der Waals surface area contributed by atoms with Crippen LogP contribution in [0.25, 0.3) is 11.4 Å². The highest BCUT2D eigenvalue weighted by molar-refractivity contribution is 5.63. The predicted molar refractivity (Wildman–Crippen MR) is 86.0 cm³/mol. The lowest BCUT2D eigenvalue weighted by Crippen LogP contribution is -2.29. The van der Waals surface area contributed by atoms with E-state index in [2.05, 4.69) is 15.0 Å². The first-order chi connectivity index (χ1) is 11.3. The van der Waals surface area contributed by atoms with Gasteiger partial charge in [-0.25, -0.2) is 0 Å². The molecule has 2 heterocycles. The monoisotopic (exact) mass is 317 g/mol. The molecule has 1 atom stereocenters. The van der Waals surface area contributed by atoms with Gasteiger partial charge < -0.3 is 14.4 Å². The van der Waals surface area contributed by atoms with Crippen LogP contribution in [0.3, 0.4) is 0 Å². The summed E-state index contributed by atoms with van der Waals surface area (Å²) in [5.41, 5.74) is 0.836. The van der Waals surface area contributed by atoms with E-state index in [9.17, 15) is 0 Å². The van der Waals surface area contributed by atoms with E-state index in [1.165, 1.54) is 12.8 Å². The van der Waals surface area contributed by atoms with Crippen molar-refractivity contribution in [3.8, 4) is 17.1 Å². The van der Waals surface area contributed by atoms with Crippen molar-refractivity contribution in [3.63, 3.8) is 0 Å². The zero-order valence-corrected chi connectivity index (χ0v) is 13.4. The Morgan fingerprint density at radius 1 is 1.39 bits per heavy atom. The molecule has 1 aliphatic heterocycles. The molecule has 0 bridgehead atoms. The summed E-state index contributed by atoms with van der Waals surface area (Å²) < 4.78 is 10.8. The number of aliphatic hydroxyl groups is 1. The van der Waals surface area contributed by atoms with Gasteiger partial charge in [-0.05, 0) is 44.4 Å². The second kappa shape index (κ2) is 7.57. The fourth-order valence-electron chi connectivity index (χ4n) is 3.19. The summed E-state index contributed by atoms with van der Waals surface area (Å²) in [7, 11) is 1.63. The fourth-order valence-corrected chi connectivity index (χ4v) is 3.19. The first-order valence-corrected chi connectivity index (χ1v) is 8.12. The molecule has 1 fully saturated rings. The number of hydrogen-bond acceptors (Lipinski definition) is 6. The number of aliphatic hydroxyl groups excluding tert-OH is 1. The van der Waals surface area contributed by atoms with Gasteiger partial charge in [-0.15, -0.1) is 0 Å². The van der Waals surface area contributed by atoms with Crippen LogP contribution in [0.15, 0.2) is 28.8 Å². The van der Waals surface area contributed by atoms with E-state index in [-0.39, 0.29) is 6.61 Å².